The molecule has 31 heavy (non-hydrogen) atoms. The van der Waals surface area contributed by atoms with Gasteiger partial charge in [-0.25, -0.2) is 9.78 Å². The van der Waals surface area contributed by atoms with E-state index in [4.69, 9.17) is 19.4 Å². The zero-order valence-corrected chi connectivity index (χ0v) is 17.8. The summed E-state index contributed by atoms with van der Waals surface area (Å²) in [6, 6.07) is 0. The van der Waals surface area contributed by atoms with Gasteiger partial charge in [-0.3, -0.25) is 9.69 Å². The van der Waals surface area contributed by atoms with Crippen LogP contribution in [-0.2, 0) is 25.6 Å². The van der Waals surface area contributed by atoms with Gasteiger partial charge in [0.15, 0.2) is 0 Å². The van der Waals surface area contributed by atoms with Gasteiger partial charge in [0.1, 0.15) is 5.01 Å². The molecular weight excluding hydrogens is 439 g/mol. The number of ether oxygens (including phenoxy) is 2. The van der Waals surface area contributed by atoms with Gasteiger partial charge in [-0.2, -0.15) is 13.2 Å². The number of aromatic nitrogens is 1. The first-order valence-electron chi connectivity index (χ1n) is 10.1. The van der Waals surface area contributed by atoms with E-state index in [9.17, 15) is 18.0 Å². The molecular formula is C19H26F3N3O5S. The molecule has 1 aromatic heterocycles. The smallest absolute Gasteiger partial charge is 0.475 e. The third-order valence-corrected chi connectivity index (χ3v) is 6.68. The van der Waals surface area contributed by atoms with Crippen LogP contribution in [-0.4, -0.2) is 90.5 Å². The summed E-state index contributed by atoms with van der Waals surface area (Å²) in [5.41, 5.74) is 0.0743. The molecule has 1 aromatic rings. The SMILES string of the molecule is O=C(C1CN(Cc2nccs2)CC12CCOCC2)N1CCOCC1.O=C(O)C(F)(F)F. The third-order valence-electron chi connectivity index (χ3n) is 5.91. The zero-order chi connectivity index (χ0) is 22.5. The molecule has 174 valence electrons. The largest absolute Gasteiger partial charge is 0.490 e. The van der Waals surface area contributed by atoms with Crippen LogP contribution in [0.5, 0.6) is 0 Å². The molecule has 3 saturated heterocycles. The average Bonchev–Trinajstić information content (AvgIpc) is 3.37. The standard InChI is InChI=1S/C17H25N3O3S.C2HF3O2/c21-16(20-4-8-23-9-5-20)14-11-19(12-15-18-3-10-24-15)13-17(14)1-6-22-7-2-17;3-2(4,5)1(6)7/h3,10,14H,1-2,4-9,11-13H2;(H,6,7). The lowest BCUT2D eigenvalue weighted by atomic mass is 9.71. The van der Waals surface area contributed by atoms with E-state index < -0.39 is 12.1 Å². The second-order valence-electron chi connectivity index (χ2n) is 7.86. The van der Waals surface area contributed by atoms with E-state index in [0.717, 1.165) is 63.8 Å². The van der Waals surface area contributed by atoms with Crippen LogP contribution in [0.15, 0.2) is 11.6 Å². The van der Waals surface area contributed by atoms with Crippen molar-refractivity contribution in [1.82, 2.24) is 14.8 Å². The first kappa shape index (κ1) is 23.9. The quantitative estimate of drug-likeness (QED) is 0.729. The number of carbonyl (C=O) groups is 2. The van der Waals surface area contributed by atoms with E-state index in [2.05, 4.69) is 9.88 Å². The molecule has 3 fully saturated rings. The lowest BCUT2D eigenvalue weighted by molar-refractivity contribution is -0.192. The predicted molar refractivity (Wildman–Crippen MR) is 104 cm³/mol. The Kier molecular flexibility index (Phi) is 7.89. The van der Waals surface area contributed by atoms with E-state index in [-0.39, 0.29) is 11.3 Å². The maximum absolute atomic E-state index is 13.2. The molecule has 1 spiro atoms. The molecule has 12 heteroatoms. The Morgan fingerprint density at radius 1 is 1.19 bits per heavy atom. The molecule has 1 atom stereocenters. The molecule has 3 aliphatic heterocycles. The third kappa shape index (κ3) is 6.15. The number of nitrogens with zero attached hydrogens (tertiary/aromatic N) is 3. The monoisotopic (exact) mass is 465 g/mol. The molecule has 0 radical (unpaired) electrons. The number of hydrogen-bond donors (Lipinski definition) is 1. The van der Waals surface area contributed by atoms with Crippen LogP contribution in [0.25, 0.3) is 0 Å². The molecule has 1 N–H and O–H groups in total. The van der Waals surface area contributed by atoms with Crippen molar-refractivity contribution in [2.75, 3.05) is 52.6 Å². The number of carboxylic acids is 1. The topological polar surface area (TPSA) is 92.2 Å². The number of thiazole rings is 1. The number of aliphatic carboxylic acids is 1. The number of hydrogen-bond acceptors (Lipinski definition) is 7. The first-order valence-corrected chi connectivity index (χ1v) is 10.9. The molecule has 0 aromatic carbocycles. The molecule has 8 nitrogen and oxygen atoms in total. The fourth-order valence-corrected chi connectivity index (χ4v) is 5.00. The van der Waals surface area contributed by atoms with Crippen molar-refractivity contribution in [2.24, 2.45) is 11.3 Å². The van der Waals surface area contributed by atoms with Crippen LogP contribution in [0, 0.1) is 11.3 Å². The Hall–Kier alpha value is -1.76. The van der Waals surface area contributed by atoms with Gasteiger partial charge in [-0.05, 0) is 12.8 Å². The Morgan fingerprint density at radius 2 is 1.81 bits per heavy atom. The van der Waals surface area contributed by atoms with Crippen LogP contribution in [0.2, 0.25) is 0 Å². The van der Waals surface area contributed by atoms with E-state index in [1.54, 1.807) is 11.3 Å². The zero-order valence-electron chi connectivity index (χ0n) is 17.0. The second kappa shape index (κ2) is 10.2. The fourth-order valence-electron chi connectivity index (χ4n) is 4.34. The normalized spacial score (nSPS) is 24.0. The molecule has 0 saturated carbocycles. The molecule has 0 aliphatic carbocycles. The minimum absolute atomic E-state index is 0.0743. The molecule has 3 aliphatic rings. The molecule has 1 unspecified atom stereocenters. The van der Waals surface area contributed by atoms with Crippen LogP contribution in [0.1, 0.15) is 17.8 Å². The van der Waals surface area contributed by atoms with Gasteiger partial charge < -0.3 is 19.5 Å². The summed E-state index contributed by atoms with van der Waals surface area (Å²) in [7, 11) is 0. The van der Waals surface area contributed by atoms with Crippen molar-refractivity contribution >= 4 is 23.2 Å². The Labute approximate surface area is 181 Å². The summed E-state index contributed by atoms with van der Waals surface area (Å²) in [6.07, 6.45) is -1.25. The van der Waals surface area contributed by atoms with Crippen LogP contribution >= 0.6 is 11.3 Å². The number of morpholine rings is 1. The van der Waals surface area contributed by atoms with Crippen LogP contribution in [0.3, 0.4) is 0 Å². The number of likely N-dealkylation sites (tertiary alicyclic amines) is 1. The fraction of sp³-hybridized carbons (Fsp3) is 0.737. The molecule has 1 amide bonds. The summed E-state index contributed by atoms with van der Waals surface area (Å²) in [5, 5.41) is 10.3. The maximum Gasteiger partial charge on any atom is 0.490 e. The van der Waals surface area contributed by atoms with Crippen molar-refractivity contribution in [3.63, 3.8) is 0 Å². The van der Waals surface area contributed by atoms with Gasteiger partial charge in [-0.1, -0.05) is 0 Å². The molecule has 4 rings (SSSR count). The van der Waals surface area contributed by atoms with Gasteiger partial charge in [0, 0.05) is 56.4 Å². The van der Waals surface area contributed by atoms with E-state index in [1.165, 1.54) is 0 Å². The van der Waals surface area contributed by atoms with Gasteiger partial charge >= 0.3 is 12.1 Å². The minimum Gasteiger partial charge on any atom is -0.475 e. The highest BCUT2D eigenvalue weighted by atomic mass is 32.1. The highest BCUT2D eigenvalue weighted by molar-refractivity contribution is 7.09. The summed E-state index contributed by atoms with van der Waals surface area (Å²) >= 11 is 1.69. The molecule has 4 heterocycles. The van der Waals surface area contributed by atoms with E-state index in [1.807, 2.05) is 16.5 Å². The Balaban J connectivity index is 0.000000339. The predicted octanol–water partition coefficient (Wildman–Crippen LogP) is 1.86. The lowest BCUT2D eigenvalue weighted by Crippen LogP contribution is -2.49. The van der Waals surface area contributed by atoms with Crippen molar-refractivity contribution in [1.29, 1.82) is 0 Å². The first-order chi connectivity index (χ1) is 14.7. The Bertz CT molecular complexity index is 735. The van der Waals surface area contributed by atoms with Crippen LogP contribution < -0.4 is 0 Å². The number of carbonyl (C=O) groups excluding carboxylic acids is 1. The summed E-state index contributed by atoms with van der Waals surface area (Å²) in [4.78, 5) is 31.0. The number of carboxylic acid groups (broad SMARTS) is 1. The lowest BCUT2D eigenvalue weighted by Gasteiger charge is -2.40. The van der Waals surface area contributed by atoms with Crippen molar-refractivity contribution in [2.45, 2.75) is 25.6 Å². The highest BCUT2D eigenvalue weighted by Crippen LogP contribution is 2.45. The van der Waals surface area contributed by atoms with Gasteiger partial charge in [0.05, 0.1) is 25.7 Å². The summed E-state index contributed by atoms with van der Waals surface area (Å²) in [5.74, 6) is -2.35. The van der Waals surface area contributed by atoms with Gasteiger partial charge in [-0.15, -0.1) is 11.3 Å². The average molecular weight is 465 g/mol. The second-order valence-corrected chi connectivity index (χ2v) is 8.84. The maximum atomic E-state index is 13.2. The number of rotatable bonds is 3. The summed E-state index contributed by atoms with van der Waals surface area (Å²) in [6.45, 7) is 7.02. The number of amides is 1. The Morgan fingerprint density at radius 3 is 2.35 bits per heavy atom. The van der Waals surface area contributed by atoms with Crippen molar-refractivity contribution < 1.29 is 37.3 Å². The highest BCUT2D eigenvalue weighted by Gasteiger charge is 2.51. The van der Waals surface area contributed by atoms with E-state index in [0.29, 0.717) is 19.1 Å². The van der Waals surface area contributed by atoms with Crippen molar-refractivity contribution in [3.05, 3.63) is 16.6 Å². The number of alkyl halides is 3. The van der Waals surface area contributed by atoms with E-state index >= 15 is 0 Å². The minimum atomic E-state index is -5.08. The molecule has 0 bridgehead atoms. The number of halogens is 3. The van der Waals surface area contributed by atoms with Gasteiger partial charge in [0.25, 0.3) is 0 Å². The van der Waals surface area contributed by atoms with Crippen LogP contribution in [0.4, 0.5) is 13.2 Å². The summed E-state index contributed by atoms with van der Waals surface area (Å²) < 4.78 is 42.7. The van der Waals surface area contributed by atoms with Crippen molar-refractivity contribution in [3.8, 4) is 0 Å². The van der Waals surface area contributed by atoms with Gasteiger partial charge in [0.2, 0.25) is 5.91 Å².